The van der Waals surface area contributed by atoms with Crippen molar-refractivity contribution >= 4 is 49.6 Å². The summed E-state index contributed by atoms with van der Waals surface area (Å²) in [7, 11) is 1.65. The van der Waals surface area contributed by atoms with E-state index in [-0.39, 0.29) is 5.91 Å². The number of carbonyl (C=O) groups is 1. The first-order valence-corrected chi connectivity index (χ1v) is 10.8. The van der Waals surface area contributed by atoms with E-state index < -0.39 is 0 Å². The van der Waals surface area contributed by atoms with E-state index in [1.165, 1.54) is 0 Å². The Morgan fingerprint density at radius 1 is 1.19 bits per heavy atom. The van der Waals surface area contributed by atoms with Gasteiger partial charge in [-0.25, -0.2) is 9.97 Å². The number of fused-ring (bicyclic) bond motifs is 3. The highest BCUT2D eigenvalue weighted by Gasteiger charge is 2.20. The van der Waals surface area contributed by atoms with Crippen molar-refractivity contribution in [2.45, 2.75) is 26.9 Å². The van der Waals surface area contributed by atoms with E-state index in [9.17, 15) is 4.79 Å². The molecule has 2 aromatic heterocycles. The lowest BCUT2D eigenvalue weighted by atomic mass is 10.1. The van der Waals surface area contributed by atoms with Crippen LogP contribution in [0.1, 0.15) is 25.2 Å². The van der Waals surface area contributed by atoms with Gasteiger partial charge in [0, 0.05) is 29.9 Å². The van der Waals surface area contributed by atoms with Crippen molar-refractivity contribution in [2.75, 3.05) is 19.4 Å². The minimum atomic E-state index is 0.00504. The highest BCUT2D eigenvalue weighted by molar-refractivity contribution is 9.10. The van der Waals surface area contributed by atoms with Crippen molar-refractivity contribution in [2.24, 2.45) is 0 Å². The van der Waals surface area contributed by atoms with Crippen LogP contribution in [-0.2, 0) is 17.9 Å². The molecule has 1 amide bonds. The Labute approximate surface area is 189 Å². The Balaban J connectivity index is 1.94. The molecule has 0 fully saturated rings. The summed E-state index contributed by atoms with van der Waals surface area (Å²) in [5, 5.41) is 0.963. The first-order valence-electron chi connectivity index (χ1n) is 10.0. The second-order valence-electron chi connectivity index (χ2n) is 7.35. The maximum atomic E-state index is 12.1. The quantitative estimate of drug-likeness (QED) is 0.442. The SMILES string of the molecule is CCN(Cc1nc2c(N)nc3cc(Br)ccc3c2n1Cc1ccc(OC)cc1)C(C)=O. The number of aromatic nitrogens is 3. The van der Waals surface area contributed by atoms with E-state index in [1.807, 2.05) is 49.4 Å². The van der Waals surface area contributed by atoms with E-state index in [0.717, 1.165) is 38.0 Å². The number of ether oxygens (including phenoxy) is 1. The molecule has 2 N–H and O–H groups in total. The maximum Gasteiger partial charge on any atom is 0.219 e. The second kappa shape index (κ2) is 8.55. The third kappa shape index (κ3) is 4.07. The number of nitrogens with zero attached hydrogens (tertiary/aromatic N) is 4. The van der Waals surface area contributed by atoms with Gasteiger partial charge in [0.25, 0.3) is 0 Å². The van der Waals surface area contributed by atoms with Gasteiger partial charge in [-0.2, -0.15) is 0 Å². The zero-order valence-electron chi connectivity index (χ0n) is 17.7. The van der Waals surface area contributed by atoms with Crippen LogP contribution in [0, 0.1) is 0 Å². The van der Waals surface area contributed by atoms with Crippen LogP contribution in [0.5, 0.6) is 5.75 Å². The van der Waals surface area contributed by atoms with Crippen molar-refractivity contribution in [3.05, 3.63) is 58.3 Å². The maximum absolute atomic E-state index is 12.1. The lowest BCUT2D eigenvalue weighted by molar-refractivity contribution is -0.129. The molecule has 4 aromatic rings. The molecule has 0 spiro atoms. The van der Waals surface area contributed by atoms with Gasteiger partial charge >= 0.3 is 0 Å². The number of anilines is 1. The number of nitrogen functional groups attached to an aromatic ring is 1. The number of nitrogens with two attached hydrogens (primary N) is 1. The minimum Gasteiger partial charge on any atom is -0.497 e. The van der Waals surface area contributed by atoms with Crippen LogP contribution in [-0.4, -0.2) is 39.0 Å². The molecule has 4 rings (SSSR count). The van der Waals surface area contributed by atoms with E-state index in [0.29, 0.717) is 31.0 Å². The Morgan fingerprint density at radius 3 is 2.58 bits per heavy atom. The number of halogens is 1. The molecule has 7 nitrogen and oxygen atoms in total. The average Bonchev–Trinajstić information content (AvgIpc) is 3.11. The number of hydrogen-bond donors (Lipinski definition) is 1. The standard InChI is InChI=1S/C23H24BrN5O2/c1-4-28(14(2)30)13-20-27-21-22(18-10-7-16(24)11-19(18)26-23(21)25)29(20)12-15-5-8-17(31-3)9-6-15/h5-11H,4,12-13H2,1-3H3,(H2,25,26). The van der Waals surface area contributed by atoms with Crippen LogP contribution in [0.3, 0.4) is 0 Å². The lowest BCUT2D eigenvalue weighted by Gasteiger charge is -2.19. The molecule has 0 aliphatic rings. The molecule has 31 heavy (non-hydrogen) atoms. The van der Waals surface area contributed by atoms with Crippen molar-refractivity contribution in [3.8, 4) is 5.75 Å². The highest BCUT2D eigenvalue weighted by Crippen LogP contribution is 2.31. The summed E-state index contributed by atoms with van der Waals surface area (Å²) < 4.78 is 8.35. The number of hydrogen-bond acceptors (Lipinski definition) is 5. The summed E-state index contributed by atoms with van der Waals surface area (Å²) in [5.74, 6) is 1.95. The van der Waals surface area contributed by atoms with E-state index >= 15 is 0 Å². The fourth-order valence-corrected chi connectivity index (χ4v) is 4.10. The number of benzene rings is 2. The van der Waals surface area contributed by atoms with Crippen LogP contribution < -0.4 is 10.5 Å². The largest absolute Gasteiger partial charge is 0.497 e. The first-order chi connectivity index (χ1) is 14.9. The molecule has 0 saturated heterocycles. The number of imidazole rings is 1. The molecular weight excluding hydrogens is 458 g/mol. The molecule has 0 bridgehead atoms. The first kappa shape index (κ1) is 21.1. The van der Waals surface area contributed by atoms with Crippen LogP contribution >= 0.6 is 15.9 Å². The Kier molecular flexibility index (Phi) is 5.82. The number of carbonyl (C=O) groups excluding carboxylic acids is 1. The highest BCUT2D eigenvalue weighted by atomic mass is 79.9. The molecule has 0 aliphatic heterocycles. The predicted molar refractivity (Wildman–Crippen MR) is 126 cm³/mol. The zero-order chi connectivity index (χ0) is 22.1. The molecular formula is C23H24BrN5O2. The van der Waals surface area contributed by atoms with Crippen molar-refractivity contribution in [1.82, 2.24) is 19.4 Å². The third-order valence-corrected chi connectivity index (χ3v) is 5.90. The Morgan fingerprint density at radius 2 is 1.94 bits per heavy atom. The van der Waals surface area contributed by atoms with E-state index in [1.54, 1.807) is 18.9 Å². The molecule has 160 valence electrons. The Hall–Kier alpha value is -3.13. The summed E-state index contributed by atoms with van der Waals surface area (Å²) in [6.45, 7) is 5.11. The fraction of sp³-hybridized carbons (Fsp3) is 0.261. The summed E-state index contributed by atoms with van der Waals surface area (Å²) in [5.41, 5.74) is 9.76. The van der Waals surface area contributed by atoms with Crippen LogP contribution in [0.25, 0.3) is 21.9 Å². The van der Waals surface area contributed by atoms with Crippen molar-refractivity contribution in [3.63, 3.8) is 0 Å². The van der Waals surface area contributed by atoms with Crippen LogP contribution in [0.4, 0.5) is 5.82 Å². The molecule has 0 radical (unpaired) electrons. The molecule has 0 unspecified atom stereocenters. The molecule has 2 aromatic carbocycles. The predicted octanol–water partition coefficient (Wildman–Crippen LogP) is 4.35. The van der Waals surface area contributed by atoms with Gasteiger partial charge in [-0.3, -0.25) is 4.79 Å². The lowest BCUT2D eigenvalue weighted by Crippen LogP contribution is -2.29. The number of rotatable bonds is 6. The monoisotopic (exact) mass is 481 g/mol. The number of methoxy groups -OCH3 is 1. The normalized spacial score (nSPS) is 11.2. The van der Waals surface area contributed by atoms with Crippen molar-refractivity contribution in [1.29, 1.82) is 0 Å². The topological polar surface area (TPSA) is 86.3 Å². The average molecular weight is 482 g/mol. The van der Waals surface area contributed by atoms with E-state index in [2.05, 4.69) is 25.5 Å². The molecule has 0 saturated carbocycles. The molecule has 8 heteroatoms. The van der Waals surface area contributed by atoms with Gasteiger partial charge < -0.3 is 19.9 Å². The molecule has 0 atom stereocenters. The van der Waals surface area contributed by atoms with Gasteiger partial charge in [-0.05, 0) is 42.8 Å². The molecule has 0 aliphatic carbocycles. The zero-order valence-corrected chi connectivity index (χ0v) is 19.3. The van der Waals surface area contributed by atoms with E-state index in [4.69, 9.17) is 15.5 Å². The van der Waals surface area contributed by atoms with Gasteiger partial charge in [0.2, 0.25) is 5.91 Å². The number of pyridine rings is 1. The van der Waals surface area contributed by atoms with Gasteiger partial charge in [-0.15, -0.1) is 0 Å². The second-order valence-corrected chi connectivity index (χ2v) is 8.27. The van der Waals surface area contributed by atoms with Gasteiger partial charge in [0.1, 0.15) is 17.1 Å². The summed E-state index contributed by atoms with van der Waals surface area (Å²) >= 11 is 3.51. The summed E-state index contributed by atoms with van der Waals surface area (Å²) in [6.07, 6.45) is 0. The van der Waals surface area contributed by atoms with Crippen LogP contribution in [0.15, 0.2) is 46.9 Å². The number of amides is 1. The van der Waals surface area contributed by atoms with Gasteiger partial charge in [0.15, 0.2) is 5.82 Å². The Bertz CT molecular complexity index is 1270. The van der Waals surface area contributed by atoms with Gasteiger partial charge in [-0.1, -0.05) is 28.1 Å². The third-order valence-electron chi connectivity index (χ3n) is 5.40. The molecule has 2 heterocycles. The minimum absolute atomic E-state index is 0.00504. The summed E-state index contributed by atoms with van der Waals surface area (Å²) in [6, 6.07) is 13.9. The van der Waals surface area contributed by atoms with Crippen molar-refractivity contribution < 1.29 is 9.53 Å². The fourth-order valence-electron chi connectivity index (χ4n) is 3.75. The summed E-state index contributed by atoms with van der Waals surface area (Å²) in [4.78, 5) is 23.2. The van der Waals surface area contributed by atoms with Crippen LogP contribution in [0.2, 0.25) is 0 Å². The smallest absolute Gasteiger partial charge is 0.219 e. The van der Waals surface area contributed by atoms with Gasteiger partial charge in [0.05, 0.1) is 24.7 Å².